The largest absolute Gasteiger partial charge is 0.444 e. The molecule has 3 rings (SSSR count). The molecule has 0 radical (unpaired) electrons. The van der Waals surface area contributed by atoms with Gasteiger partial charge < -0.3 is 9.64 Å². The topological polar surface area (TPSA) is 32.8 Å². The zero-order chi connectivity index (χ0) is 15.7. The van der Waals surface area contributed by atoms with Crippen molar-refractivity contribution in [1.29, 1.82) is 0 Å². The van der Waals surface area contributed by atoms with Gasteiger partial charge >= 0.3 is 6.09 Å². The van der Waals surface area contributed by atoms with Gasteiger partial charge in [-0.15, -0.1) is 0 Å². The Hall–Kier alpha value is -1.55. The van der Waals surface area contributed by atoms with Gasteiger partial charge in [-0.05, 0) is 38.7 Å². The molecule has 120 valence electrons. The third-order valence-electron chi connectivity index (χ3n) is 4.50. The van der Waals surface area contributed by atoms with Gasteiger partial charge in [0.05, 0.1) is 6.04 Å². The number of hydrogen-bond acceptors (Lipinski definition) is 3. The zero-order valence-electron chi connectivity index (χ0n) is 13.8. The minimum atomic E-state index is -0.419. The van der Waals surface area contributed by atoms with Gasteiger partial charge in [0.2, 0.25) is 0 Å². The highest BCUT2D eigenvalue weighted by Crippen LogP contribution is 2.33. The van der Waals surface area contributed by atoms with Crippen LogP contribution < -0.4 is 0 Å². The average molecular weight is 302 g/mol. The normalized spacial score (nSPS) is 25.3. The standard InChI is InChI=1S/C18H26N2O2/c1-18(2,3)22-17(21)20-10-9-15-12-19(13-16(15)20)11-14-7-5-4-6-8-14/h4-8,15-16H,9-13H2,1-3H3/t15-,16+/m0/s1. The van der Waals surface area contributed by atoms with Gasteiger partial charge in [-0.3, -0.25) is 4.90 Å². The molecule has 0 saturated carbocycles. The summed E-state index contributed by atoms with van der Waals surface area (Å²) in [6, 6.07) is 10.9. The molecule has 22 heavy (non-hydrogen) atoms. The summed E-state index contributed by atoms with van der Waals surface area (Å²) in [6.07, 6.45) is 0.941. The molecule has 0 bridgehead atoms. The quantitative estimate of drug-likeness (QED) is 0.841. The van der Waals surface area contributed by atoms with Crippen LogP contribution >= 0.6 is 0 Å². The Kier molecular flexibility index (Phi) is 4.13. The Morgan fingerprint density at radius 2 is 1.95 bits per heavy atom. The second kappa shape index (κ2) is 5.92. The maximum absolute atomic E-state index is 12.4. The Morgan fingerprint density at radius 3 is 2.64 bits per heavy atom. The van der Waals surface area contributed by atoms with E-state index in [-0.39, 0.29) is 6.09 Å². The Labute approximate surface area is 133 Å². The number of ether oxygens (including phenoxy) is 1. The average Bonchev–Trinajstić information content (AvgIpc) is 2.97. The summed E-state index contributed by atoms with van der Waals surface area (Å²) in [5.41, 5.74) is 0.920. The minimum Gasteiger partial charge on any atom is -0.444 e. The van der Waals surface area contributed by atoms with E-state index >= 15 is 0 Å². The van der Waals surface area contributed by atoms with Crippen molar-refractivity contribution >= 4 is 6.09 Å². The lowest BCUT2D eigenvalue weighted by Crippen LogP contribution is -2.42. The van der Waals surface area contributed by atoms with Gasteiger partial charge in [-0.2, -0.15) is 0 Å². The van der Waals surface area contributed by atoms with Gasteiger partial charge in [-0.1, -0.05) is 30.3 Å². The molecule has 2 atom stereocenters. The van der Waals surface area contributed by atoms with E-state index in [1.54, 1.807) is 0 Å². The first-order valence-electron chi connectivity index (χ1n) is 8.18. The van der Waals surface area contributed by atoms with Gasteiger partial charge in [-0.25, -0.2) is 4.79 Å². The van der Waals surface area contributed by atoms with Crippen LogP contribution in [0.3, 0.4) is 0 Å². The number of hydrogen-bond donors (Lipinski definition) is 0. The second-order valence-corrected chi connectivity index (χ2v) is 7.47. The molecule has 2 aliphatic rings. The summed E-state index contributed by atoms with van der Waals surface area (Å²) in [7, 11) is 0. The van der Waals surface area contributed by atoms with Gasteiger partial charge in [0.1, 0.15) is 5.60 Å². The number of fused-ring (bicyclic) bond motifs is 1. The van der Waals surface area contributed by atoms with Crippen molar-refractivity contribution < 1.29 is 9.53 Å². The van der Waals surface area contributed by atoms with E-state index in [0.717, 1.165) is 32.6 Å². The molecule has 4 heteroatoms. The predicted octanol–water partition coefficient (Wildman–Crippen LogP) is 3.13. The van der Waals surface area contributed by atoms with Crippen LogP contribution in [-0.4, -0.2) is 47.2 Å². The smallest absolute Gasteiger partial charge is 0.410 e. The number of carbonyl (C=O) groups is 1. The number of benzene rings is 1. The van der Waals surface area contributed by atoms with Crippen molar-refractivity contribution in [1.82, 2.24) is 9.80 Å². The highest BCUT2D eigenvalue weighted by molar-refractivity contribution is 5.69. The summed E-state index contributed by atoms with van der Waals surface area (Å²) in [5.74, 6) is 0.594. The molecule has 0 aliphatic carbocycles. The van der Waals surface area contributed by atoms with E-state index in [0.29, 0.717) is 12.0 Å². The molecular formula is C18H26N2O2. The summed E-state index contributed by atoms with van der Waals surface area (Å²) in [6.45, 7) is 9.62. The van der Waals surface area contributed by atoms with Crippen molar-refractivity contribution in [2.75, 3.05) is 19.6 Å². The molecule has 2 fully saturated rings. The van der Waals surface area contributed by atoms with E-state index in [9.17, 15) is 4.79 Å². The Morgan fingerprint density at radius 1 is 1.23 bits per heavy atom. The monoisotopic (exact) mass is 302 g/mol. The molecule has 2 aliphatic heterocycles. The highest BCUT2D eigenvalue weighted by atomic mass is 16.6. The maximum atomic E-state index is 12.4. The summed E-state index contributed by atoms with van der Waals surface area (Å²) in [5, 5.41) is 0. The van der Waals surface area contributed by atoms with Crippen molar-refractivity contribution in [3.05, 3.63) is 35.9 Å². The molecule has 1 aromatic carbocycles. The zero-order valence-corrected chi connectivity index (χ0v) is 13.8. The maximum Gasteiger partial charge on any atom is 0.410 e. The van der Waals surface area contributed by atoms with Crippen LogP contribution in [0.15, 0.2) is 30.3 Å². The fraction of sp³-hybridized carbons (Fsp3) is 0.611. The van der Waals surface area contributed by atoms with Crippen LogP contribution in [0.1, 0.15) is 32.8 Å². The second-order valence-electron chi connectivity index (χ2n) is 7.47. The van der Waals surface area contributed by atoms with Crippen molar-refractivity contribution in [2.24, 2.45) is 5.92 Å². The SMILES string of the molecule is CC(C)(C)OC(=O)N1CC[C@H]2CN(Cc3ccccc3)C[C@H]21. The van der Waals surface area contributed by atoms with Crippen molar-refractivity contribution in [2.45, 2.75) is 45.4 Å². The number of rotatable bonds is 2. The molecule has 2 heterocycles. The molecule has 0 unspecified atom stereocenters. The lowest BCUT2D eigenvalue weighted by molar-refractivity contribution is 0.0217. The van der Waals surface area contributed by atoms with E-state index in [1.165, 1.54) is 5.56 Å². The highest BCUT2D eigenvalue weighted by Gasteiger charge is 2.44. The van der Waals surface area contributed by atoms with E-state index in [4.69, 9.17) is 4.74 Å². The molecular weight excluding hydrogens is 276 g/mol. The molecule has 0 N–H and O–H groups in total. The molecule has 4 nitrogen and oxygen atoms in total. The first-order chi connectivity index (χ1) is 10.4. The molecule has 0 spiro atoms. The van der Waals surface area contributed by atoms with Crippen molar-refractivity contribution in [3.63, 3.8) is 0 Å². The van der Waals surface area contributed by atoms with Gasteiger partial charge in [0.25, 0.3) is 0 Å². The first-order valence-corrected chi connectivity index (χ1v) is 8.18. The summed E-state index contributed by atoms with van der Waals surface area (Å²) in [4.78, 5) is 16.8. The fourth-order valence-corrected chi connectivity index (χ4v) is 3.57. The van der Waals surface area contributed by atoms with Crippen LogP contribution in [0, 0.1) is 5.92 Å². The third-order valence-corrected chi connectivity index (χ3v) is 4.50. The van der Waals surface area contributed by atoms with Crippen LogP contribution in [0.2, 0.25) is 0 Å². The third kappa shape index (κ3) is 3.43. The molecule has 0 aromatic heterocycles. The van der Waals surface area contributed by atoms with E-state index < -0.39 is 5.60 Å². The lowest BCUT2D eigenvalue weighted by Gasteiger charge is -2.28. The number of carbonyl (C=O) groups excluding carboxylic acids is 1. The van der Waals surface area contributed by atoms with E-state index in [2.05, 4.69) is 29.2 Å². The van der Waals surface area contributed by atoms with Crippen LogP contribution in [-0.2, 0) is 11.3 Å². The predicted molar refractivity (Wildman–Crippen MR) is 86.6 cm³/mol. The number of likely N-dealkylation sites (tertiary alicyclic amines) is 2. The van der Waals surface area contributed by atoms with Gasteiger partial charge in [0, 0.05) is 26.2 Å². The van der Waals surface area contributed by atoms with Gasteiger partial charge in [0.15, 0.2) is 0 Å². The van der Waals surface area contributed by atoms with Crippen LogP contribution in [0.25, 0.3) is 0 Å². The fourth-order valence-electron chi connectivity index (χ4n) is 3.57. The molecule has 2 saturated heterocycles. The van der Waals surface area contributed by atoms with Crippen LogP contribution in [0.5, 0.6) is 0 Å². The molecule has 1 aromatic rings. The Bertz CT molecular complexity index is 524. The summed E-state index contributed by atoms with van der Waals surface area (Å²) >= 11 is 0. The minimum absolute atomic E-state index is 0.151. The molecule has 1 amide bonds. The summed E-state index contributed by atoms with van der Waals surface area (Å²) < 4.78 is 5.55. The van der Waals surface area contributed by atoms with Crippen LogP contribution in [0.4, 0.5) is 4.79 Å². The van der Waals surface area contributed by atoms with E-state index in [1.807, 2.05) is 31.7 Å². The first kappa shape index (κ1) is 15.3. The number of amides is 1. The van der Waals surface area contributed by atoms with Crippen molar-refractivity contribution in [3.8, 4) is 0 Å². The Balaban J connectivity index is 1.60. The number of nitrogens with zero attached hydrogens (tertiary/aromatic N) is 2. The lowest BCUT2D eigenvalue weighted by atomic mass is 10.1.